The SMILES string of the molecule is CCCCCCCCC1(CCCCCCCC)c2cc(OCCCC)ccc2-c2ccc(-c3ccc(-c4ccc(-c5ccc(C)cc5F)s4)c4nsnc34)cc21. The zero-order chi connectivity index (χ0) is 38.9. The fraction of sp³-hybridized carbons (Fsp3) is 0.440. The Morgan fingerprint density at radius 2 is 1.11 bits per heavy atom. The van der Waals surface area contributed by atoms with Crippen LogP contribution in [0.2, 0.25) is 0 Å². The molecule has 7 rings (SSSR count). The molecule has 3 nitrogen and oxygen atoms in total. The van der Waals surface area contributed by atoms with Crippen molar-refractivity contribution in [3.63, 3.8) is 0 Å². The maximum Gasteiger partial charge on any atom is 0.132 e. The highest BCUT2D eigenvalue weighted by Crippen LogP contribution is 2.56. The molecule has 2 heterocycles. The van der Waals surface area contributed by atoms with Gasteiger partial charge in [-0.2, -0.15) is 8.75 Å². The zero-order valence-electron chi connectivity index (χ0n) is 34.0. The van der Waals surface area contributed by atoms with Crippen molar-refractivity contribution in [2.75, 3.05) is 6.61 Å². The lowest BCUT2D eigenvalue weighted by atomic mass is 9.70. The minimum absolute atomic E-state index is 0.0572. The minimum Gasteiger partial charge on any atom is -0.494 e. The summed E-state index contributed by atoms with van der Waals surface area (Å²) in [7, 11) is 0. The molecule has 294 valence electrons. The third kappa shape index (κ3) is 8.67. The number of unbranched alkanes of at least 4 members (excludes halogenated alkanes) is 11. The van der Waals surface area contributed by atoms with E-state index in [1.54, 1.807) is 17.4 Å². The molecule has 0 saturated heterocycles. The lowest BCUT2D eigenvalue weighted by Crippen LogP contribution is -2.25. The van der Waals surface area contributed by atoms with Crippen molar-refractivity contribution in [1.29, 1.82) is 0 Å². The smallest absolute Gasteiger partial charge is 0.132 e. The fourth-order valence-electron chi connectivity index (χ4n) is 8.89. The minimum atomic E-state index is -0.183. The molecule has 0 amide bonds. The molecule has 0 spiro atoms. The van der Waals surface area contributed by atoms with Gasteiger partial charge in [0, 0.05) is 31.9 Å². The van der Waals surface area contributed by atoms with Gasteiger partial charge in [-0.25, -0.2) is 4.39 Å². The second-order valence-corrected chi connectivity index (χ2v) is 17.7. The van der Waals surface area contributed by atoms with Crippen LogP contribution in [0.5, 0.6) is 5.75 Å². The van der Waals surface area contributed by atoms with E-state index in [1.807, 2.05) is 25.1 Å². The lowest BCUT2D eigenvalue weighted by molar-refractivity contribution is 0.308. The molecule has 0 atom stereocenters. The van der Waals surface area contributed by atoms with Gasteiger partial charge in [0.2, 0.25) is 0 Å². The molecule has 0 radical (unpaired) electrons. The highest BCUT2D eigenvalue weighted by atomic mass is 32.1. The molecule has 1 aliphatic carbocycles. The molecule has 0 aliphatic heterocycles. The van der Waals surface area contributed by atoms with Crippen LogP contribution in [0.1, 0.15) is 140 Å². The van der Waals surface area contributed by atoms with E-state index in [2.05, 4.69) is 75.4 Å². The van der Waals surface area contributed by atoms with E-state index in [1.165, 1.54) is 117 Å². The van der Waals surface area contributed by atoms with Crippen LogP contribution in [0, 0.1) is 12.7 Å². The van der Waals surface area contributed by atoms with Crippen molar-refractivity contribution in [2.24, 2.45) is 0 Å². The Labute approximate surface area is 343 Å². The Balaban J connectivity index is 1.27. The van der Waals surface area contributed by atoms with Crippen molar-refractivity contribution in [1.82, 2.24) is 8.75 Å². The van der Waals surface area contributed by atoms with Crippen molar-refractivity contribution >= 4 is 34.1 Å². The van der Waals surface area contributed by atoms with Crippen LogP contribution in [0.4, 0.5) is 4.39 Å². The Morgan fingerprint density at radius 1 is 0.554 bits per heavy atom. The lowest BCUT2D eigenvalue weighted by Gasteiger charge is -2.33. The molecule has 0 saturated carbocycles. The molecule has 0 bridgehead atoms. The molecule has 0 N–H and O–H groups in total. The molecule has 6 aromatic rings. The van der Waals surface area contributed by atoms with E-state index in [-0.39, 0.29) is 11.2 Å². The number of benzene rings is 4. The Morgan fingerprint density at radius 3 is 1.79 bits per heavy atom. The van der Waals surface area contributed by atoms with Gasteiger partial charge in [0.1, 0.15) is 22.6 Å². The summed E-state index contributed by atoms with van der Waals surface area (Å²) < 4.78 is 31.1. The summed E-state index contributed by atoms with van der Waals surface area (Å²) in [5.41, 5.74) is 12.4. The van der Waals surface area contributed by atoms with Crippen molar-refractivity contribution in [3.05, 3.63) is 101 Å². The molecular weight excluding hydrogens is 728 g/mol. The topological polar surface area (TPSA) is 35.0 Å². The van der Waals surface area contributed by atoms with Gasteiger partial charge in [-0.15, -0.1) is 11.3 Å². The summed E-state index contributed by atoms with van der Waals surface area (Å²) >= 11 is 2.88. The van der Waals surface area contributed by atoms with Crippen LogP contribution in [0.3, 0.4) is 0 Å². The predicted molar refractivity (Wildman–Crippen MR) is 239 cm³/mol. The normalized spacial score (nSPS) is 13.0. The first-order valence-electron chi connectivity index (χ1n) is 21.5. The van der Waals surface area contributed by atoms with E-state index in [0.29, 0.717) is 5.56 Å². The highest BCUT2D eigenvalue weighted by Gasteiger charge is 2.43. The van der Waals surface area contributed by atoms with Crippen LogP contribution in [-0.2, 0) is 5.41 Å². The van der Waals surface area contributed by atoms with E-state index in [9.17, 15) is 4.39 Å². The number of ether oxygens (including phenoxy) is 1. The van der Waals surface area contributed by atoms with Crippen LogP contribution >= 0.6 is 23.1 Å². The predicted octanol–water partition coefficient (Wildman–Crippen LogP) is 16.1. The van der Waals surface area contributed by atoms with Gasteiger partial charge in [-0.05, 0) is 96.0 Å². The number of nitrogens with zero attached hydrogens (tertiary/aromatic N) is 2. The number of thiophene rings is 1. The van der Waals surface area contributed by atoms with Gasteiger partial charge < -0.3 is 4.74 Å². The van der Waals surface area contributed by atoms with E-state index in [0.717, 1.165) is 75.5 Å². The van der Waals surface area contributed by atoms with Crippen molar-refractivity contribution < 1.29 is 9.13 Å². The average Bonchev–Trinajstić information content (AvgIpc) is 3.96. The third-order valence-electron chi connectivity index (χ3n) is 12.0. The summed E-state index contributed by atoms with van der Waals surface area (Å²) in [5, 5.41) is 0. The molecule has 56 heavy (non-hydrogen) atoms. The second-order valence-electron chi connectivity index (χ2n) is 16.1. The first kappa shape index (κ1) is 40.3. The first-order valence-corrected chi connectivity index (χ1v) is 23.1. The highest BCUT2D eigenvalue weighted by molar-refractivity contribution is 7.19. The first-order chi connectivity index (χ1) is 27.5. The second kappa shape index (κ2) is 19.0. The molecule has 1 aliphatic rings. The number of aromatic nitrogens is 2. The summed E-state index contributed by atoms with van der Waals surface area (Å²) in [6.07, 6.45) is 20.0. The number of hydrogen-bond donors (Lipinski definition) is 0. The van der Waals surface area contributed by atoms with Crippen LogP contribution in [-0.4, -0.2) is 15.4 Å². The van der Waals surface area contributed by atoms with Gasteiger partial charge in [-0.1, -0.05) is 147 Å². The van der Waals surface area contributed by atoms with Crippen LogP contribution < -0.4 is 4.74 Å². The van der Waals surface area contributed by atoms with Crippen LogP contribution in [0.25, 0.3) is 54.2 Å². The van der Waals surface area contributed by atoms with Gasteiger partial charge in [-0.3, -0.25) is 0 Å². The zero-order valence-corrected chi connectivity index (χ0v) is 35.7. The molecule has 2 aromatic heterocycles. The monoisotopic (exact) mass is 786 g/mol. The Bertz CT molecular complexity index is 2200. The van der Waals surface area contributed by atoms with Gasteiger partial charge in [0.25, 0.3) is 0 Å². The van der Waals surface area contributed by atoms with Gasteiger partial charge in [0.15, 0.2) is 0 Å². The van der Waals surface area contributed by atoms with E-state index >= 15 is 0 Å². The number of rotatable bonds is 21. The van der Waals surface area contributed by atoms with E-state index < -0.39 is 0 Å². The third-order valence-corrected chi connectivity index (χ3v) is 13.7. The standard InChI is InChI=1S/C50H59FN2OS2/c1-5-8-11-13-15-17-29-50(30-18-16-14-12-9-6-2)43-33-36(20-23-39(43)40-24-21-37(34-44(40)50)54-31-10-7-3)38-25-26-42(49-48(38)52-56-53-49)47-28-27-46(55-47)41-22-19-35(4)32-45(41)51/h19-28,32-34H,5-18,29-31H2,1-4H3. The van der Waals surface area contributed by atoms with E-state index in [4.69, 9.17) is 13.5 Å². The molecule has 0 unspecified atom stereocenters. The Hall–Kier alpha value is -3.87. The van der Waals surface area contributed by atoms with Gasteiger partial charge >= 0.3 is 0 Å². The molecule has 4 aromatic carbocycles. The number of fused-ring (bicyclic) bond motifs is 4. The largest absolute Gasteiger partial charge is 0.494 e. The molecule has 6 heteroatoms. The maximum atomic E-state index is 15.0. The quantitative estimate of drug-likeness (QED) is 0.0682. The molecule has 0 fully saturated rings. The summed E-state index contributed by atoms with van der Waals surface area (Å²) in [5.74, 6) is 0.825. The Kier molecular flexibility index (Phi) is 13.7. The van der Waals surface area contributed by atoms with Gasteiger partial charge in [0.05, 0.1) is 18.3 Å². The maximum absolute atomic E-state index is 15.0. The summed E-state index contributed by atoms with van der Waals surface area (Å²) in [4.78, 5) is 1.99. The summed E-state index contributed by atoms with van der Waals surface area (Å²) in [6.45, 7) is 9.51. The van der Waals surface area contributed by atoms with Crippen molar-refractivity contribution in [2.45, 2.75) is 136 Å². The summed E-state index contributed by atoms with van der Waals surface area (Å²) in [6, 6.07) is 28.2. The number of aryl methyl sites for hydroxylation is 1. The average molecular weight is 787 g/mol. The van der Waals surface area contributed by atoms with Crippen LogP contribution in [0.15, 0.2) is 78.9 Å². The fourth-order valence-corrected chi connectivity index (χ4v) is 10.5. The van der Waals surface area contributed by atoms with Crippen molar-refractivity contribution in [3.8, 4) is 48.9 Å². The number of halogens is 1. The molecular formula is C50H59FN2OS2. The number of hydrogen-bond acceptors (Lipinski definition) is 5.